The molecule has 0 aliphatic rings. The lowest BCUT2D eigenvalue weighted by atomic mass is 10.0. The third-order valence-corrected chi connectivity index (χ3v) is 4.88. The van der Waals surface area contributed by atoms with Crippen molar-refractivity contribution in [3.05, 3.63) is 71.9 Å². The fourth-order valence-corrected chi connectivity index (χ4v) is 3.13. The van der Waals surface area contributed by atoms with Crippen LogP contribution in [0.15, 0.2) is 64.2 Å². The van der Waals surface area contributed by atoms with Gasteiger partial charge in [0.05, 0.1) is 11.8 Å². The number of benzene rings is 2. The molecule has 1 amide bonds. The zero-order valence-corrected chi connectivity index (χ0v) is 17.0. The van der Waals surface area contributed by atoms with Gasteiger partial charge in [-0.2, -0.15) is 0 Å². The Morgan fingerprint density at radius 1 is 1.13 bits per heavy atom. The highest BCUT2D eigenvalue weighted by atomic mass is 32.2. The van der Waals surface area contributed by atoms with Gasteiger partial charge in [-0.1, -0.05) is 42.1 Å². The molecule has 1 heterocycles. The first kappa shape index (κ1) is 21.5. The summed E-state index contributed by atoms with van der Waals surface area (Å²) < 4.78 is 23.7. The van der Waals surface area contributed by atoms with Crippen LogP contribution in [0.3, 0.4) is 0 Å². The van der Waals surface area contributed by atoms with Crippen LogP contribution < -0.4 is 10.1 Å². The van der Waals surface area contributed by atoms with Crippen LogP contribution in [0.25, 0.3) is 0 Å². The largest absolute Gasteiger partial charge is 0.484 e. The third kappa shape index (κ3) is 6.70. The topological polar surface area (TPSA) is 94.3 Å². The molecule has 0 bridgehead atoms. The molecule has 0 aliphatic heterocycles. The van der Waals surface area contributed by atoms with Gasteiger partial charge in [-0.05, 0) is 43.2 Å². The van der Waals surface area contributed by atoms with Gasteiger partial charge in [0.2, 0.25) is 5.91 Å². The molecular formula is C21H20FN3O4S. The molecule has 2 aromatic carbocycles. The van der Waals surface area contributed by atoms with E-state index < -0.39 is 6.04 Å². The molecule has 1 unspecified atom stereocenters. The predicted octanol–water partition coefficient (Wildman–Crippen LogP) is 3.20. The van der Waals surface area contributed by atoms with Crippen LogP contribution in [0.1, 0.15) is 18.4 Å². The van der Waals surface area contributed by atoms with Crippen molar-refractivity contribution in [3.63, 3.8) is 0 Å². The highest BCUT2D eigenvalue weighted by molar-refractivity contribution is 7.99. The van der Waals surface area contributed by atoms with E-state index in [4.69, 9.17) is 9.15 Å². The first-order valence-corrected chi connectivity index (χ1v) is 10.2. The second-order valence-electron chi connectivity index (χ2n) is 6.41. The van der Waals surface area contributed by atoms with E-state index in [0.29, 0.717) is 12.2 Å². The SMILES string of the molecule is CC(=O)C(Cc1ccccc1)NC(=O)CSc1nnc(COc2ccc(F)cc2)o1. The first-order chi connectivity index (χ1) is 14.5. The number of carbonyl (C=O) groups excluding carboxylic acids is 2. The van der Waals surface area contributed by atoms with Crippen LogP contribution in [0.4, 0.5) is 4.39 Å². The third-order valence-electron chi connectivity index (χ3n) is 4.06. The van der Waals surface area contributed by atoms with Crippen molar-refractivity contribution in [2.24, 2.45) is 0 Å². The second-order valence-corrected chi connectivity index (χ2v) is 7.34. The molecule has 1 N–H and O–H groups in total. The van der Waals surface area contributed by atoms with Crippen LogP contribution in [0.5, 0.6) is 5.75 Å². The summed E-state index contributed by atoms with van der Waals surface area (Å²) in [4.78, 5) is 24.1. The number of Topliss-reactive ketones (excluding diaryl/α,β-unsaturated/α-hetero) is 1. The maximum absolute atomic E-state index is 12.9. The van der Waals surface area contributed by atoms with Gasteiger partial charge in [-0.25, -0.2) is 4.39 Å². The number of nitrogens with one attached hydrogen (secondary N) is 1. The van der Waals surface area contributed by atoms with Crippen molar-refractivity contribution in [1.29, 1.82) is 0 Å². The number of amides is 1. The number of hydrogen-bond donors (Lipinski definition) is 1. The predicted molar refractivity (Wildman–Crippen MR) is 109 cm³/mol. The van der Waals surface area contributed by atoms with Gasteiger partial charge in [-0.15, -0.1) is 10.2 Å². The van der Waals surface area contributed by atoms with E-state index in [1.54, 1.807) is 0 Å². The van der Waals surface area contributed by atoms with Gasteiger partial charge in [0.1, 0.15) is 11.6 Å². The summed E-state index contributed by atoms with van der Waals surface area (Å²) >= 11 is 1.06. The lowest BCUT2D eigenvalue weighted by Crippen LogP contribution is -2.42. The summed E-state index contributed by atoms with van der Waals surface area (Å²) in [7, 11) is 0. The van der Waals surface area contributed by atoms with Gasteiger partial charge in [0.25, 0.3) is 11.1 Å². The van der Waals surface area contributed by atoms with Crippen molar-refractivity contribution >= 4 is 23.5 Å². The number of hydrogen-bond acceptors (Lipinski definition) is 7. The van der Waals surface area contributed by atoms with Gasteiger partial charge < -0.3 is 14.5 Å². The monoisotopic (exact) mass is 429 g/mol. The smallest absolute Gasteiger partial charge is 0.277 e. The van der Waals surface area contributed by atoms with Gasteiger partial charge in [0.15, 0.2) is 12.4 Å². The van der Waals surface area contributed by atoms with Gasteiger partial charge in [-0.3, -0.25) is 9.59 Å². The quantitative estimate of drug-likeness (QED) is 0.495. The molecule has 30 heavy (non-hydrogen) atoms. The van der Waals surface area contributed by atoms with E-state index in [0.717, 1.165) is 17.3 Å². The summed E-state index contributed by atoms with van der Waals surface area (Å²) in [5.41, 5.74) is 0.966. The number of rotatable bonds is 10. The average Bonchev–Trinajstić information content (AvgIpc) is 3.20. The van der Waals surface area contributed by atoms with Crippen molar-refractivity contribution in [3.8, 4) is 5.75 Å². The lowest BCUT2D eigenvalue weighted by Gasteiger charge is -2.15. The number of ketones is 1. The standard InChI is InChI=1S/C21H20FN3O4S/c1-14(26)18(11-15-5-3-2-4-6-15)23-19(27)13-30-21-25-24-20(29-21)12-28-17-9-7-16(22)8-10-17/h2-10,18H,11-13H2,1H3,(H,23,27). The summed E-state index contributed by atoms with van der Waals surface area (Å²) in [6.07, 6.45) is 0.429. The molecule has 1 atom stereocenters. The maximum Gasteiger partial charge on any atom is 0.277 e. The van der Waals surface area contributed by atoms with Crippen LogP contribution in [0, 0.1) is 5.82 Å². The first-order valence-electron chi connectivity index (χ1n) is 9.17. The summed E-state index contributed by atoms with van der Waals surface area (Å²) in [5, 5.41) is 10.7. The van der Waals surface area contributed by atoms with E-state index in [1.165, 1.54) is 31.2 Å². The lowest BCUT2D eigenvalue weighted by molar-refractivity contribution is -0.125. The van der Waals surface area contributed by atoms with E-state index in [-0.39, 0.29) is 41.0 Å². The minimum Gasteiger partial charge on any atom is -0.484 e. The van der Waals surface area contributed by atoms with Crippen molar-refractivity contribution in [2.45, 2.75) is 31.2 Å². The highest BCUT2D eigenvalue weighted by Gasteiger charge is 2.18. The van der Waals surface area contributed by atoms with Gasteiger partial charge in [0, 0.05) is 0 Å². The molecular weight excluding hydrogens is 409 g/mol. The Morgan fingerprint density at radius 2 is 1.87 bits per heavy atom. The molecule has 0 radical (unpaired) electrons. The fraction of sp³-hybridized carbons (Fsp3) is 0.238. The number of carbonyl (C=O) groups is 2. The van der Waals surface area contributed by atoms with E-state index in [1.807, 2.05) is 30.3 Å². The molecule has 0 fully saturated rings. The molecule has 1 aromatic heterocycles. The molecule has 3 rings (SSSR count). The van der Waals surface area contributed by atoms with Crippen molar-refractivity contribution < 1.29 is 23.1 Å². The fourth-order valence-electron chi connectivity index (χ4n) is 2.54. The van der Waals surface area contributed by atoms with Crippen LogP contribution in [-0.2, 0) is 22.6 Å². The molecule has 0 aliphatic carbocycles. The Kier molecular flexibility index (Phi) is 7.56. The van der Waals surface area contributed by atoms with E-state index in [2.05, 4.69) is 15.5 Å². The summed E-state index contributed by atoms with van der Waals surface area (Å²) in [5.74, 6) is -0.0507. The number of nitrogens with zero attached hydrogens (tertiary/aromatic N) is 2. The molecule has 7 nitrogen and oxygen atoms in total. The normalized spacial score (nSPS) is 11.7. The molecule has 3 aromatic rings. The molecule has 0 saturated carbocycles. The Hall–Kier alpha value is -3.20. The molecule has 156 valence electrons. The zero-order chi connectivity index (χ0) is 21.3. The van der Waals surface area contributed by atoms with E-state index in [9.17, 15) is 14.0 Å². The highest BCUT2D eigenvalue weighted by Crippen LogP contribution is 2.18. The molecule has 0 spiro atoms. The summed E-state index contributed by atoms with van der Waals surface area (Å²) in [6.45, 7) is 1.47. The van der Waals surface area contributed by atoms with Crippen LogP contribution >= 0.6 is 11.8 Å². The minimum atomic E-state index is -0.595. The zero-order valence-electron chi connectivity index (χ0n) is 16.2. The van der Waals surface area contributed by atoms with Crippen molar-refractivity contribution in [2.75, 3.05) is 5.75 Å². The average molecular weight is 429 g/mol. The van der Waals surface area contributed by atoms with Crippen molar-refractivity contribution in [1.82, 2.24) is 15.5 Å². The number of ether oxygens (including phenoxy) is 1. The van der Waals surface area contributed by atoms with E-state index >= 15 is 0 Å². The Bertz CT molecular complexity index is 979. The van der Waals surface area contributed by atoms with Crippen LogP contribution in [-0.4, -0.2) is 33.7 Å². The number of aromatic nitrogens is 2. The number of thioether (sulfide) groups is 1. The second kappa shape index (κ2) is 10.5. The number of halogens is 1. The summed E-state index contributed by atoms with van der Waals surface area (Å²) in [6, 6.07) is 14.4. The Morgan fingerprint density at radius 3 is 2.57 bits per heavy atom. The Balaban J connectivity index is 1.45. The molecule has 9 heteroatoms. The van der Waals surface area contributed by atoms with Gasteiger partial charge >= 0.3 is 0 Å². The Labute approximate surface area is 177 Å². The maximum atomic E-state index is 12.9. The molecule has 0 saturated heterocycles. The van der Waals surface area contributed by atoms with Crippen LogP contribution in [0.2, 0.25) is 0 Å². The minimum absolute atomic E-state index is 0.0227.